The number of carbonyl (C=O) groups excluding carboxylic acids is 4. The normalized spacial score (nSPS) is 41.6. The second-order valence-electron chi connectivity index (χ2n) is 23.4. The molecule has 0 aromatic heterocycles. The van der Waals surface area contributed by atoms with Crippen LogP contribution in [0.2, 0.25) is 0 Å². The largest absolute Gasteiger partial charge is 0.397 e. The molecule has 4 amide bonds. The highest BCUT2D eigenvalue weighted by Gasteiger charge is 2.58. The average Bonchev–Trinajstić information content (AvgIpc) is 0.777. The Morgan fingerprint density at radius 1 is 0.408 bits per heavy atom. The number of hydrogen-bond donors (Lipinski definition) is 24. The Balaban J connectivity index is 1.22. The molecule has 6 aliphatic heterocycles. The fraction of sp³-hybridized carbons (Fsp3) is 0.920. The van der Waals surface area contributed by atoms with Gasteiger partial charge in [0.2, 0.25) is 23.6 Å². The van der Waals surface area contributed by atoms with Crippen molar-refractivity contribution in [2.24, 2.45) is 0 Å². The Bertz CT molecular complexity index is 2790. The minimum Gasteiger partial charge on any atom is -0.394 e. The van der Waals surface area contributed by atoms with Gasteiger partial charge in [0.25, 0.3) is 0 Å². The number of carbonyl (C=O) groups is 4. The lowest BCUT2D eigenvalue weighted by atomic mass is 9.94. The maximum atomic E-state index is 12.8. The van der Waals surface area contributed by atoms with Crippen molar-refractivity contribution in [2.45, 2.75) is 236 Å². The molecule has 0 aliphatic carbocycles. The lowest BCUT2D eigenvalue weighted by Gasteiger charge is -2.50. The third kappa shape index (κ3) is 21.1. The van der Waals surface area contributed by atoms with Crippen LogP contribution in [-0.2, 0) is 105 Å². The van der Waals surface area contributed by atoms with Gasteiger partial charge in [-0.2, -0.15) is 16.8 Å². The van der Waals surface area contributed by atoms with Gasteiger partial charge in [0, 0.05) is 27.7 Å². The topological polar surface area (TPSA) is 719 Å². The van der Waals surface area contributed by atoms with Crippen LogP contribution in [0, 0.1) is 0 Å². The van der Waals surface area contributed by atoms with E-state index in [-0.39, 0.29) is 0 Å². The van der Waals surface area contributed by atoms with Gasteiger partial charge in [-0.3, -0.25) is 28.3 Å². The first-order valence-corrected chi connectivity index (χ1v) is 32.6. The van der Waals surface area contributed by atoms with E-state index < -0.39 is 306 Å². The van der Waals surface area contributed by atoms with Gasteiger partial charge >= 0.3 is 20.8 Å². The fourth-order valence-corrected chi connectivity index (χ4v) is 12.0. The van der Waals surface area contributed by atoms with Crippen molar-refractivity contribution < 1.29 is 202 Å². The van der Waals surface area contributed by atoms with Crippen molar-refractivity contribution in [1.82, 2.24) is 21.3 Å². The van der Waals surface area contributed by atoms with Crippen LogP contribution in [0.15, 0.2) is 0 Å². The molecule has 570 valence electrons. The van der Waals surface area contributed by atoms with E-state index in [2.05, 4.69) is 29.6 Å². The molecular weight excluding hydrogens is 1390 g/mol. The van der Waals surface area contributed by atoms with Crippen LogP contribution in [0.1, 0.15) is 27.7 Å². The molecule has 6 aliphatic rings. The third-order valence-corrected chi connectivity index (χ3v) is 17.1. The number of nitrogens with one attached hydrogen (secondary N) is 4. The average molecular weight is 1480 g/mol. The molecule has 34 atom stereocenters. The van der Waals surface area contributed by atoms with Gasteiger partial charge in [0.05, 0.1) is 58.9 Å². The first kappa shape index (κ1) is 83.4. The van der Waals surface area contributed by atoms with E-state index >= 15 is 0 Å². The molecule has 6 rings (SSSR count). The van der Waals surface area contributed by atoms with E-state index in [9.17, 15) is 128 Å². The predicted molar refractivity (Wildman–Crippen MR) is 301 cm³/mol. The molecule has 6 heterocycles. The molecule has 48 heteroatoms. The predicted octanol–water partition coefficient (Wildman–Crippen LogP) is -16.4. The Morgan fingerprint density at radius 3 is 1.19 bits per heavy atom. The lowest BCUT2D eigenvalue weighted by Crippen LogP contribution is -2.70. The minimum atomic E-state index is -5.20. The number of aliphatic hydroxyl groups is 18. The van der Waals surface area contributed by atoms with E-state index in [1.165, 1.54) is 0 Å². The Kier molecular flexibility index (Phi) is 30.8. The molecule has 0 bridgehead atoms. The molecule has 24 N–H and O–H groups in total. The van der Waals surface area contributed by atoms with E-state index in [1.54, 1.807) is 0 Å². The molecule has 0 spiro atoms. The number of aliphatic hydroxyl groups excluding tert-OH is 18. The molecule has 0 radical (unpaired) electrons. The molecular formula is C50H86N4O42S2. The second kappa shape index (κ2) is 36.2. The van der Waals surface area contributed by atoms with Crippen LogP contribution in [0.3, 0.4) is 0 Å². The number of ether oxygens (including phenoxy) is 12. The van der Waals surface area contributed by atoms with Crippen LogP contribution in [0.25, 0.3) is 0 Å². The monoisotopic (exact) mass is 1480 g/mol. The first-order chi connectivity index (χ1) is 45.8. The van der Waals surface area contributed by atoms with Gasteiger partial charge < -0.3 is 170 Å². The quantitative estimate of drug-likeness (QED) is 0.0287. The minimum absolute atomic E-state index is 0.913. The summed E-state index contributed by atoms with van der Waals surface area (Å²) >= 11 is 0. The van der Waals surface area contributed by atoms with Gasteiger partial charge in [-0.1, -0.05) is 0 Å². The van der Waals surface area contributed by atoms with Crippen LogP contribution < -0.4 is 21.3 Å². The molecule has 98 heavy (non-hydrogen) atoms. The van der Waals surface area contributed by atoms with Crippen molar-refractivity contribution in [3.8, 4) is 0 Å². The first-order valence-electron chi connectivity index (χ1n) is 29.8. The van der Waals surface area contributed by atoms with E-state index in [1.807, 2.05) is 0 Å². The molecule has 6 fully saturated rings. The standard InChI is InChI=1S/C50H86N4O42S2/c1-13(60)51-17(5-55)40(92-46-26(53-15(3)62)42(31(68)19(6-56)86-46)94-48-37(74)35(72)29(66)23(90-48)11-84-97(77,78)79)28(65)18(64)10-83-45-25(52-14(2)61)34(71)41(22(9-59)89-45)93-50-39(76)44(33(70)21(8-58)88-50)96-47-27(54-16(4)63)43(32(69)20(7-57)87-47)95-49-38(75)36(73)30(67)24(91-49)12-85-98(80,81)82/h17-50,55-59,64-76H,5-12H2,1-4H3,(H,51,60)(H,52,61)(H,53,62)(H,54,63)(H,77,78,79)(H,80,81,82)/t17-,18+,19+,20+,21+,22+,23+,24+,25+,26+,27+,28-,29-,30-,31+,32+,33-,34+,35-,36-,37+,38+,39+,40+,41+,42+,43+,44-,45+,46-,47-,48-,49-,50-/m0/s1. The van der Waals surface area contributed by atoms with Crippen LogP contribution >= 0.6 is 0 Å². The maximum Gasteiger partial charge on any atom is 0.397 e. The summed E-state index contributed by atoms with van der Waals surface area (Å²) in [5, 5.41) is 207. The smallest absolute Gasteiger partial charge is 0.394 e. The van der Waals surface area contributed by atoms with Gasteiger partial charge in [0.15, 0.2) is 37.7 Å². The molecule has 6 saturated heterocycles. The van der Waals surface area contributed by atoms with Gasteiger partial charge in [0.1, 0.15) is 165 Å². The molecule has 0 aromatic rings. The lowest BCUT2D eigenvalue weighted by molar-refractivity contribution is -0.377. The summed E-state index contributed by atoms with van der Waals surface area (Å²) in [6.45, 7) is -5.52. The summed E-state index contributed by atoms with van der Waals surface area (Å²) in [5.41, 5.74) is 0. The highest BCUT2D eigenvalue weighted by Crippen LogP contribution is 2.37. The Labute approximate surface area is 555 Å². The van der Waals surface area contributed by atoms with Crippen molar-refractivity contribution in [1.29, 1.82) is 0 Å². The van der Waals surface area contributed by atoms with Gasteiger partial charge in [-0.15, -0.1) is 0 Å². The highest BCUT2D eigenvalue weighted by atomic mass is 32.3. The van der Waals surface area contributed by atoms with Crippen LogP contribution in [0.5, 0.6) is 0 Å². The van der Waals surface area contributed by atoms with Crippen LogP contribution in [0.4, 0.5) is 0 Å². The zero-order valence-corrected chi connectivity index (χ0v) is 53.7. The highest BCUT2D eigenvalue weighted by molar-refractivity contribution is 7.81. The molecule has 46 nitrogen and oxygen atoms in total. The van der Waals surface area contributed by atoms with Gasteiger partial charge in [-0.05, 0) is 0 Å². The van der Waals surface area contributed by atoms with Crippen LogP contribution in [-0.4, -0.2) is 403 Å². The number of amides is 4. The van der Waals surface area contributed by atoms with Crippen molar-refractivity contribution in [3.63, 3.8) is 0 Å². The van der Waals surface area contributed by atoms with E-state index in [0.29, 0.717) is 0 Å². The molecule has 0 unspecified atom stereocenters. The zero-order chi connectivity index (χ0) is 73.3. The van der Waals surface area contributed by atoms with Crippen molar-refractivity contribution in [2.75, 3.05) is 52.9 Å². The Hall–Kier alpha value is -3.58. The second-order valence-corrected chi connectivity index (χ2v) is 25.6. The van der Waals surface area contributed by atoms with Crippen molar-refractivity contribution >= 4 is 44.4 Å². The summed E-state index contributed by atoms with van der Waals surface area (Å²) in [6, 6.07) is -7.50. The summed E-state index contributed by atoms with van der Waals surface area (Å²) in [4.78, 5) is 50.8. The number of hydrogen-bond acceptors (Lipinski definition) is 40. The van der Waals surface area contributed by atoms with E-state index in [0.717, 1.165) is 27.7 Å². The molecule has 0 aromatic carbocycles. The summed E-state index contributed by atoms with van der Waals surface area (Å²) in [5.74, 6) is -3.76. The summed E-state index contributed by atoms with van der Waals surface area (Å²) < 4.78 is 141. The number of rotatable bonds is 31. The van der Waals surface area contributed by atoms with Crippen molar-refractivity contribution in [3.05, 3.63) is 0 Å². The Morgan fingerprint density at radius 2 is 0.776 bits per heavy atom. The summed E-state index contributed by atoms with van der Waals surface area (Å²) in [6.07, 6.45) is -63.3. The molecule has 0 saturated carbocycles. The summed E-state index contributed by atoms with van der Waals surface area (Å²) in [7, 11) is -10.4. The fourth-order valence-electron chi connectivity index (χ4n) is 11.4. The van der Waals surface area contributed by atoms with E-state index in [4.69, 9.17) is 65.9 Å². The maximum absolute atomic E-state index is 12.8. The SMILES string of the molecule is CC(=O)N[C@H]1[C@H](OC[C@@H](O)[C@H](O)[C@H](O[C@@H]2O[C@H](CO)[C@@H](O)[C@H](O[C@@H]3O[C@H](COS(=O)(=O)O)[C@H](O)[C@H](O)[C@H]3O)[C@H]2NC(C)=O)[C@H](CO)NC(C)=O)O[C@H](CO)[C@@H](O[C@@H]2O[C@H](CO)[C@H](O)[C@H](O[C@@H]3O[C@H](CO)[C@@H](O)[C@H](O[C@@H]4O[C@H](COS(=O)(=O)O)[C@H](O)[C@H](O)[C@H]4O)[C@H]3NC(C)=O)[C@H]2O)[C@@H]1O. The third-order valence-electron chi connectivity index (χ3n) is 16.2. The van der Waals surface area contributed by atoms with Gasteiger partial charge in [-0.25, -0.2) is 8.37 Å². The zero-order valence-electron chi connectivity index (χ0n) is 52.0.